The van der Waals surface area contributed by atoms with Gasteiger partial charge < -0.3 is 5.73 Å². The largest absolute Gasteiger partial charge is 0.384 e. The molecule has 0 aromatic carbocycles. The Kier molecular flexibility index (Phi) is 2.28. The molecule has 0 radical (unpaired) electrons. The summed E-state index contributed by atoms with van der Waals surface area (Å²) in [5.74, 6) is 0.339. The summed E-state index contributed by atoms with van der Waals surface area (Å²) in [5.41, 5.74) is 6.89. The van der Waals surface area contributed by atoms with Crippen molar-refractivity contribution in [2.45, 2.75) is 0 Å². The van der Waals surface area contributed by atoms with Gasteiger partial charge in [-0.1, -0.05) is 6.07 Å². The number of aromatic nitrogens is 3. The van der Waals surface area contributed by atoms with Crippen molar-refractivity contribution in [1.29, 1.82) is 0 Å². The number of hydrogen-bond donors (Lipinski definition) is 1. The van der Waals surface area contributed by atoms with Crippen molar-refractivity contribution in [3.05, 3.63) is 35.7 Å². The van der Waals surface area contributed by atoms with E-state index in [1.807, 2.05) is 18.2 Å². The zero-order valence-electron chi connectivity index (χ0n) is 7.18. The number of nitrogens with zero attached hydrogens (tertiary/aromatic N) is 3. The second-order valence-electron chi connectivity index (χ2n) is 2.66. The normalized spacial score (nSPS) is 10.1. The number of rotatable bonds is 1. The fourth-order valence-corrected chi connectivity index (χ4v) is 1.27. The van der Waals surface area contributed by atoms with Crippen LogP contribution in [0.2, 0.25) is 5.28 Å². The van der Waals surface area contributed by atoms with Crippen molar-refractivity contribution < 1.29 is 0 Å². The smallest absolute Gasteiger partial charge is 0.224 e. The number of nitrogen functional groups attached to an aromatic ring is 1. The molecule has 0 saturated heterocycles. The lowest BCUT2D eigenvalue weighted by Crippen LogP contribution is -1.95. The highest BCUT2D eigenvalue weighted by Crippen LogP contribution is 2.17. The fourth-order valence-electron chi connectivity index (χ4n) is 1.08. The van der Waals surface area contributed by atoms with Gasteiger partial charge in [-0.05, 0) is 23.7 Å². The summed E-state index contributed by atoms with van der Waals surface area (Å²) in [6.45, 7) is 0. The van der Waals surface area contributed by atoms with Crippen molar-refractivity contribution in [2.75, 3.05) is 5.73 Å². The Hall–Kier alpha value is -1.68. The van der Waals surface area contributed by atoms with Crippen LogP contribution in [0.5, 0.6) is 0 Å². The third-order valence-corrected chi connectivity index (χ3v) is 1.82. The summed E-state index contributed by atoms with van der Waals surface area (Å²) in [4.78, 5) is 11.9. The molecule has 2 heterocycles. The molecule has 2 rings (SSSR count). The molecular formula is C9H7ClN4. The average Bonchev–Trinajstić information content (AvgIpc) is 2.18. The van der Waals surface area contributed by atoms with Crippen LogP contribution in [-0.2, 0) is 0 Å². The van der Waals surface area contributed by atoms with E-state index in [2.05, 4.69) is 15.0 Å². The molecular weight excluding hydrogens is 200 g/mol. The van der Waals surface area contributed by atoms with Crippen LogP contribution in [0.25, 0.3) is 11.4 Å². The van der Waals surface area contributed by atoms with Gasteiger partial charge in [0.25, 0.3) is 0 Å². The Morgan fingerprint density at radius 1 is 1.14 bits per heavy atom. The number of hydrogen-bond acceptors (Lipinski definition) is 4. The zero-order chi connectivity index (χ0) is 9.97. The molecule has 0 amide bonds. The highest BCUT2D eigenvalue weighted by Gasteiger charge is 2.03. The Balaban J connectivity index is 2.52. The van der Waals surface area contributed by atoms with Gasteiger partial charge in [0.15, 0.2) is 0 Å². The van der Waals surface area contributed by atoms with E-state index in [0.717, 1.165) is 5.69 Å². The van der Waals surface area contributed by atoms with Crippen molar-refractivity contribution >= 4 is 17.4 Å². The summed E-state index contributed by atoms with van der Waals surface area (Å²) in [7, 11) is 0. The first-order chi connectivity index (χ1) is 6.75. The van der Waals surface area contributed by atoms with E-state index in [-0.39, 0.29) is 5.28 Å². The van der Waals surface area contributed by atoms with Gasteiger partial charge in [-0.25, -0.2) is 9.97 Å². The Bertz CT molecular complexity index is 424. The highest BCUT2D eigenvalue weighted by molar-refractivity contribution is 6.28. The molecule has 14 heavy (non-hydrogen) atoms. The molecule has 0 aliphatic heterocycles. The lowest BCUT2D eigenvalue weighted by molar-refractivity contribution is 1.16. The van der Waals surface area contributed by atoms with E-state index >= 15 is 0 Å². The predicted octanol–water partition coefficient (Wildman–Crippen LogP) is 1.77. The second kappa shape index (κ2) is 3.59. The van der Waals surface area contributed by atoms with Crippen LogP contribution in [0.4, 0.5) is 5.82 Å². The summed E-state index contributed by atoms with van der Waals surface area (Å²) in [6, 6.07) is 7.16. The maximum atomic E-state index is 5.67. The molecule has 2 aromatic heterocycles. The number of nitrogens with two attached hydrogens (primary N) is 1. The second-order valence-corrected chi connectivity index (χ2v) is 3.00. The van der Waals surface area contributed by atoms with Gasteiger partial charge >= 0.3 is 0 Å². The molecule has 2 aromatic rings. The topological polar surface area (TPSA) is 64.7 Å². The first-order valence-corrected chi connectivity index (χ1v) is 4.35. The van der Waals surface area contributed by atoms with Gasteiger partial charge in [0.2, 0.25) is 5.28 Å². The molecule has 70 valence electrons. The van der Waals surface area contributed by atoms with Gasteiger partial charge in [0.05, 0.1) is 11.4 Å². The lowest BCUT2D eigenvalue weighted by Gasteiger charge is -2.00. The minimum absolute atomic E-state index is 0.130. The van der Waals surface area contributed by atoms with Crippen LogP contribution >= 0.6 is 11.6 Å². The van der Waals surface area contributed by atoms with Gasteiger partial charge in [-0.3, -0.25) is 4.98 Å². The van der Waals surface area contributed by atoms with Gasteiger partial charge in [0.1, 0.15) is 5.82 Å². The molecule has 0 unspecified atom stereocenters. The molecule has 2 N–H and O–H groups in total. The van der Waals surface area contributed by atoms with Crippen molar-refractivity contribution in [3.63, 3.8) is 0 Å². The number of halogens is 1. The quantitative estimate of drug-likeness (QED) is 0.723. The standard InChI is InChI=1S/C9H7ClN4/c10-9-13-7(5-8(11)14-9)6-3-1-2-4-12-6/h1-5H,(H2,11,13,14). The van der Waals surface area contributed by atoms with E-state index in [0.29, 0.717) is 11.5 Å². The highest BCUT2D eigenvalue weighted by atomic mass is 35.5. The number of anilines is 1. The lowest BCUT2D eigenvalue weighted by atomic mass is 10.2. The summed E-state index contributed by atoms with van der Waals surface area (Å²) in [6.07, 6.45) is 1.68. The molecule has 0 spiro atoms. The average molecular weight is 207 g/mol. The minimum Gasteiger partial charge on any atom is -0.384 e. The van der Waals surface area contributed by atoms with Gasteiger partial charge in [-0.15, -0.1) is 0 Å². The van der Waals surface area contributed by atoms with E-state index < -0.39 is 0 Å². The van der Waals surface area contributed by atoms with Crippen molar-refractivity contribution in [2.24, 2.45) is 0 Å². The first kappa shape index (κ1) is 8.90. The van der Waals surface area contributed by atoms with Crippen LogP contribution in [-0.4, -0.2) is 15.0 Å². The molecule has 0 fully saturated rings. The van der Waals surface area contributed by atoms with E-state index in [1.165, 1.54) is 0 Å². The Labute approximate surface area is 85.8 Å². The molecule has 0 bridgehead atoms. The Morgan fingerprint density at radius 3 is 2.64 bits per heavy atom. The molecule has 0 aliphatic rings. The Morgan fingerprint density at radius 2 is 2.00 bits per heavy atom. The SMILES string of the molecule is Nc1cc(-c2ccccn2)nc(Cl)n1. The molecule has 0 atom stereocenters. The molecule has 0 aliphatic carbocycles. The first-order valence-electron chi connectivity index (χ1n) is 3.97. The summed E-state index contributed by atoms with van der Waals surface area (Å²) < 4.78 is 0. The zero-order valence-corrected chi connectivity index (χ0v) is 7.94. The fraction of sp³-hybridized carbons (Fsp3) is 0. The van der Waals surface area contributed by atoms with E-state index in [1.54, 1.807) is 12.3 Å². The van der Waals surface area contributed by atoms with Crippen molar-refractivity contribution in [1.82, 2.24) is 15.0 Å². The molecule has 0 saturated carbocycles. The summed E-state index contributed by atoms with van der Waals surface area (Å²) >= 11 is 5.67. The number of pyridine rings is 1. The summed E-state index contributed by atoms with van der Waals surface area (Å²) in [5, 5.41) is 0.130. The van der Waals surface area contributed by atoms with Crippen LogP contribution in [0.15, 0.2) is 30.5 Å². The minimum atomic E-state index is 0.130. The van der Waals surface area contributed by atoms with Crippen molar-refractivity contribution in [3.8, 4) is 11.4 Å². The maximum absolute atomic E-state index is 5.67. The third-order valence-electron chi connectivity index (χ3n) is 1.65. The van der Waals surface area contributed by atoms with E-state index in [9.17, 15) is 0 Å². The van der Waals surface area contributed by atoms with Gasteiger partial charge in [-0.2, -0.15) is 0 Å². The maximum Gasteiger partial charge on any atom is 0.224 e. The van der Waals surface area contributed by atoms with Crippen LogP contribution < -0.4 is 5.73 Å². The third kappa shape index (κ3) is 1.80. The van der Waals surface area contributed by atoms with E-state index in [4.69, 9.17) is 17.3 Å². The van der Waals surface area contributed by atoms with Crippen LogP contribution in [0.1, 0.15) is 0 Å². The predicted molar refractivity (Wildman–Crippen MR) is 54.7 cm³/mol. The molecule has 5 heteroatoms. The monoisotopic (exact) mass is 206 g/mol. The van der Waals surface area contributed by atoms with Crippen LogP contribution in [0, 0.1) is 0 Å². The molecule has 4 nitrogen and oxygen atoms in total. The van der Waals surface area contributed by atoms with Gasteiger partial charge in [0, 0.05) is 12.3 Å². The van der Waals surface area contributed by atoms with Crippen LogP contribution in [0.3, 0.4) is 0 Å².